The monoisotopic (exact) mass is 321 g/mol. The van der Waals surface area contributed by atoms with E-state index in [2.05, 4.69) is 27.2 Å². The summed E-state index contributed by atoms with van der Waals surface area (Å²) in [5.74, 6) is 2.44. The number of rotatable bonds is 3. The Labute approximate surface area is 121 Å². The van der Waals surface area contributed by atoms with Crippen LogP contribution in [0.4, 0.5) is 0 Å². The van der Waals surface area contributed by atoms with Crippen molar-refractivity contribution in [1.29, 1.82) is 0 Å². The molecule has 0 radical (unpaired) electrons. The van der Waals surface area contributed by atoms with Gasteiger partial charge in [0, 0.05) is 17.7 Å². The molecule has 2 rings (SSSR count). The molecule has 0 aromatic heterocycles. The summed E-state index contributed by atoms with van der Waals surface area (Å²) < 4.78 is 6.37. The molecule has 19 heavy (non-hydrogen) atoms. The Morgan fingerprint density at radius 1 is 1.47 bits per heavy atom. The van der Waals surface area contributed by atoms with Gasteiger partial charge in [-0.25, -0.2) is 0 Å². The van der Waals surface area contributed by atoms with Gasteiger partial charge in [0.05, 0.1) is 12.0 Å². The van der Waals surface area contributed by atoms with Crippen LogP contribution in [0.3, 0.4) is 0 Å². The lowest BCUT2D eigenvalue weighted by atomic mass is 9.73. The Balaban J connectivity index is 2.34. The van der Waals surface area contributed by atoms with Crippen molar-refractivity contribution in [3.05, 3.63) is 34.3 Å². The Hall–Kier alpha value is -1.31. The van der Waals surface area contributed by atoms with Crippen LogP contribution in [0.15, 0.2) is 28.7 Å². The average molecular weight is 322 g/mol. The molecule has 4 heteroatoms. The maximum absolute atomic E-state index is 12.5. The van der Waals surface area contributed by atoms with Gasteiger partial charge in [0.2, 0.25) is 5.91 Å². The Bertz CT molecular complexity index is 501. The molecule has 0 spiro atoms. The second-order valence-electron chi connectivity index (χ2n) is 4.59. The van der Waals surface area contributed by atoms with E-state index in [9.17, 15) is 4.79 Å². The van der Waals surface area contributed by atoms with E-state index in [1.807, 2.05) is 24.3 Å². The molecule has 1 aromatic rings. The summed E-state index contributed by atoms with van der Waals surface area (Å²) in [5.41, 5.74) is 0.485. The predicted molar refractivity (Wildman–Crippen MR) is 77.7 cm³/mol. The zero-order valence-electron chi connectivity index (χ0n) is 10.6. The number of nitrogens with one attached hydrogen (secondary N) is 1. The van der Waals surface area contributed by atoms with E-state index >= 15 is 0 Å². The molecule has 0 saturated carbocycles. The summed E-state index contributed by atoms with van der Waals surface area (Å²) in [6, 6.07) is 7.90. The van der Waals surface area contributed by atoms with Gasteiger partial charge in [0.1, 0.15) is 0 Å². The largest absolute Gasteiger partial charge is 0.381 e. The zero-order chi connectivity index (χ0) is 13.7. The summed E-state index contributed by atoms with van der Waals surface area (Å²) in [6.45, 7) is 1.45. The van der Waals surface area contributed by atoms with Crippen molar-refractivity contribution in [3.8, 4) is 12.3 Å². The second-order valence-corrected chi connectivity index (χ2v) is 5.51. The average Bonchev–Trinajstić information content (AvgIpc) is 2.45. The molecule has 0 bridgehead atoms. The van der Waals surface area contributed by atoms with Crippen molar-refractivity contribution in [2.24, 2.45) is 0 Å². The summed E-state index contributed by atoms with van der Waals surface area (Å²) in [6.07, 6.45) is 6.58. The van der Waals surface area contributed by atoms with E-state index in [1.54, 1.807) is 0 Å². The standard InChI is InChI=1S/C15H16BrNO2/c1-2-8-17-14(18)15(6-9-19-10-7-15)12-4-3-5-13(16)11-12/h1,3-5,11H,6-10H2,(H,17,18). The van der Waals surface area contributed by atoms with Crippen molar-refractivity contribution in [3.63, 3.8) is 0 Å². The fourth-order valence-corrected chi connectivity index (χ4v) is 2.85. The highest BCUT2D eigenvalue weighted by Gasteiger charge is 2.41. The van der Waals surface area contributed by atoms with Gasteiger partial charge in [-0.2, -0.15) is 0 Å². The highest BCUT2D eigenvalue weighted by molar-refractivity contribution is 9.10. The van der Waals surface area contributed by atoms with E-state index in [4.69, 9.17) is 11.2 Å². The van der Waals surface area contributed by atoms with Gasteiger partial charge in [-0.3, -0.25) is 4.79 Å². The predicted octanol–water partition coefficient (Wildman–Crippen LogP) is 2.25. The van der Waals surface area contributed by atoms with Gasteiger partial charge in [0.15, 0.2) is 0 Å². The van der Waals surface area contributed by atoms with E-state index in [1.165, 1.54) is 0 Å². The zero-order valence-corrected chi connectivity index (χ0v) is 12.2. The first-order valence-corrected chi connectivity index (χ1v) is 7.04. The normalized spacial score (nSPS) is 17.5. The number of benzene rings is 1. The summed E-state index contributed by atoms with van der Waals surface area (Å²) >= 11 is 3.46. The third-order valence-corrected chi connectivity index (χ3v) is 4.00. The van der Waals surface area contributed by atoms with Crippen molar-refractivity contribution < 1.29 is 9.53 Å². The van der Waals surface area contributed by atoms with Crippen molar-refractivity contribution in [2.75, 3.05) is 19.8 Å². The van der Waals surface area contributed by atoms with E-state index in [-0.39, 0.29) is 12.5 Å². The number of carbonyl (C=O) groups is 1. The van der Waals surface area contributed by atoms with Crippen LogP contribution in [0, 0.1) is 12.3 Å². The molecule has 1 fully saturated rings. The molecule has 1 aromatic carbocycles. The lowest BCUT2D eigenvalue weighted by Gasteiger charge is -2.36. The van der Waals surface area contributed by atoms with E-state index in [0.29, 0.717) is 26.1 Å². The molecule has 1 amide bonds. The fourth-order valence-electron chi connectivity index (χ4n) is 2.45. The minimum Gasteiger partial charge on any atom is -0.381 e. The molecular formula is C15H16BrNO2. The van der Waals surface area contributed by atoms with Crippen LogP contribution in [-0.2, 0) is 14.9 Å². The molecule has 3 nitrogen and oxygen atoms in total. The SMILES string of the molecule is C#CCNC(=O)C1(c2cccc(Br)c2)CCOCC1. The molecule has 1 heterocycles. The molecule has 100 valence electrons. The molecule has 1 saturated heterocycles. The van der Waals surface area contributed by atoms with Crippen LogP contribution in [0.25, 0.3) is 0 Å². The second kappa shape index (κ2) is 6.23. The number of terminal acetylenes is 1. The van der Waals surface area contributed by atoms with E-state index < -0.39 is 5.41 Å². The molecule has 0 aliphatic carbocycles. The van der Waals surface area contributed by atoms with Crippen LogP contribution >= 0.6 is 15.9 Å². The van der Waals surface area contributed by atoms with Crippen molar-refractivity contribution >= 4 is 21.8 Å². The molecule has 1 aliphatic heterocycles. The number of hydrogen-bond acceptors (Lipinski definition) is 2. The lowest BCUT2D eigenvalue weighted by molar-refractivity contribution is -0.130. The Morgan fingerprint density at radius 2 is 2.21 bits per heavy atom. The van der Waals surface area contributed by atoms with Crippen LogP contribution < -0.4 is 5.32 Å². The lowest BCUT2D eigenvalue weighted by Crippen LogP contribution is -2.48. The van der Waals surface area contributed by atoms with Gasteiger partial charge in [0.25, 0.3) is 0 Å². The maximum atomic E-state index is 12.5. The summed E-state index contributed by atoms with van der Waals surface area (Å²) in [5, 5.41) is 2.81. The molecule has 1 aliphatic rings. The molecule has 1 N–H and O–H groups in total. The minimum absolute atomic E-state index is 0.00755. The number of hydrogen-bond donors (Lipinski definition) is 1. The smallest absolute Gasteiger partial charge is 0.231 e. The topological polar surface area (TPSA) is 38.3 Å². The first-order chi connectivity index (χ1) is 9.19. The van der Waals surface area contributed by atoms with Gasteiger partial charge < -0.3 is 10.1 Å². The Morgan fingerprint density at radius 3 is 2.84 bits per heavy atom. The number of ether oxygens (including phenoxy) is 1. The maximum Gasteiger partial charge on any atom is 0.231 e. The van der Waals surface area contributed by atoms with Gasteiger partial charge in [-0.05, 0) is 30.5 Å². The third kappa shape index (κ3) is 2.99. The number of carbonyl (C=O) groups excluding carboxylic acids is 1. The number of amides is 1. The van der Waals surface area contributed by atoms with Crippen molar-refractivity contribution in [1.82, 2.24) is 5.32 Å². The van der Waals surface area contributed by atoms with Crippen molar-refractivity contribution in [2.45, 2.75) is 18.3 Å². The van der Waals surface area contributed by atoms with Crippen LogP contribution in [0.2, 0.25) is 0 Å². The molecule has 0 unspecified atom stereocenters. The third-order valence-electron chi connectivity index (χ3n) is 3.51. The first-order valence-electron chi connectivity index (χ1n) is 6.24. The van der Waals surface area contributed by atoms with Crippen LogP contribution in [-0.4, -0.2) is 25.7 Å². The molecular weight excluding hydrogens is 306 g/mol. The van der Waals surface area contributed by atoms with Crippen LogP contribution in [0.1, 0.15) is 18.4 Å². The van der Waals surface area contributed by atoms with Gasteiger partial charge in [-0.15, -0.1) is 6.42 Å². The quantitative estimate of drug-likeness (QED) is 0.867. The number of halogens is 1. The minimum atomic E-state index is -0.529. The van der Waals surface area contributed by atoms with E-state index in [0.717, 1.165) is 10.0 Å². The Kier molecular flexibility index (Phi) is 4.62. The van der Waals surface area contributed by atoms with Gasteiger partial charge in [-0.1, -0.05) is 34.0 Å². The highest BCUT2D eigenvalue weighted by Crippen LogP contribution is 2.36. The first kappa shape index (κ1) is 14.1. The summed E-state index contributed by atoms with van der Waals surface area (Å²) in [4.78, 5) is 12.5. The van der Waals surface area contributed by atoms with Gasteiger partial charge >= 0.3 is 0 Å². The highest BCUT2D eigenvalue weighted by atomic mass is 79.9. The summed E-state index contributed by atoms with van der Waals surface area (Å²) in [7, 11) is 0. The van der Waals surface area contributed by atoms with Crippen LogP contribution in [0.5, 0.6) is 0 Å². The fraction of sp³-hybridized carbons (Fsp3) is 0.400. The molecule has 0 atom stereocenters.